The summed E-state index contributed by atoms with van der Waals surface area (Å²) < 4.78 is 2.54. The molecular weight excluding hydrogens is 867 g/mol. The summed E-state index contributed by atoms with van der Waals surface area (Å²) in [4.78, 5) is 16.7. The third-order valence-electron chi connectivity index (χ3n) is 15.1. The quantitative estimate of drug-likeness (QED) is 0.165. The third kappa shape index (κ3) is 6.03. The van der Waals surface area contributed by atoms with Crippen molar-refractivity contribution >= 4 is 96.1 Å². The highest BCUT2D eigenvalue weighted by Gasteiger charge is 2.29. The van der Waals surface area contributed by atoms with Crippen LogP contribution >= 0.6 is 11.3 Å². The fourth-order valence-electron chi connectivity index (χ4n) is 11.9. The lowest BCUT2D eigenvalue weighted by Gasteiger charge is -2.22. The van der Waals surface area contributed by atoms with Gasteiger partial charge in [0.25, 0.3) is 0 Å². The molecule has 0 amide bonds. The van der Waals surface area contributed by atoms with Gasteiger partial charge >= 0.3 is 0 Å². The van der Waals surface area contributed by atoms with Crippen LogP contribution in [-0.2, 0) is 6.42 Å². The van der Waals surface area contributed by atoms with E-state index in [-0.39, 0.29) is 5.92 Å². The molecule has 0 radical (unpaired) electrons. The van der Waals surface area contributed by atoms with Crippen molar-refractivity contribution in [3.05, 3.63) is 235 Å². The second-order valence-corrected chi connectivity index (χ2v) is 19.9. The van der Waals surface area contributed by atoms with Gasteiger partial charge in [-0.2, -0.15) is 0 Å². The van der Waals surface area contributed by atoms with Crippen LogP contribution < -0.4 is 0 Å². The Bertz CT molecular complexity index is 4370. The molecule has 0 aliphatic heterocycles. The second-order valence-electron chi connectivity index (χ2n) is 18.9. The summed E-state index contributed by atoms with van der Waals surface area (Å²) in [5.74, 6) is 2.13. The van der Waals surface area contributed by atoms with Crippen molar-refractivity contribution < 1.29 is 0 Å². The number of rotatable bonds is 4. The lowest BCUT2D eigenvalue weighted by Crippen LogP contribution is -2.04. The lowest BCUT2D eigenvalue weighted by atomic mass is 9.82. The van der Waals surface area contributed by atoms with Gasteiger partial charge in [-0.25, -0.2) is 15.0 Å². The maximum Gasteiger partial charge on any atom is 0.164 e. The molecular formula is C66H41N3S. The van der Waals surface area contributed by atoms with Crippen LogP contribution in [0, 0.1) is 0 Å². The van der Waals surface area contributed by atoms with Gasteiger partial charge in [0.2, 0.25) is 0 Å². The fraction of sp³-hybridized carbons (Fsp3) is 0.0455. The van der Waals surface area contributed by atoms with Gasteiger partial charge in [-0.05, 0) is 130 Å². The average Bonchev–Trinajstić information content (AvgIpc) is 3.74. The van der Waals surface area contributed by atoms with E-state index in [4.69, 9.17) is 15.0 Å². The predicted molar refractivity (Wildman–Crippen MR) is 296 cm³/mol. The standard InChI is InChI=1S/C66H41N3S/c1-2-17-41-36-57-44(35-40(41)16-1)30-31-52(53-32-29-39-15-3-8-22-47(39)61(53)57)54-33-34-56(62-55-27-13-14-28-60(55)70-63(54)62)64-67-65(58-37-42-18-4-6-20-45(42)48-23-9-11-25-50(48)58)69-66(68-64)59-38-43-19-5-7-21-46(43)49-24-10-12-26-51(49)59/h1-29,32-38,52H,30-31H2. The van der Waals surface area contributed by atoms with Crippen molar-refractivity contribution in [3.63, 3.8) is 0 Å². The Labute approximate surface area is 408 Å². The van der Waals surface area contributed by atoms with Crippen molar-refractivity contribution in [1.82, 2.24) is 15.0 Å². The summed E-state index contributed by atoms with van der Waals surface area (Å²) in [6.45, 7) is 0. The van der Waals surface area contributed by atoms with Crippen LogP contribution in [0.25, 0.3) is 130 Å². The molecule has 12 aromatic carbocycles. The minimum Gasteiger partial charge on any atom is -0.208 e. The molecule has 0 bridgehead atoms. The molecule has 4 heteroatoms. The van der Waals surface area contributed by atoms with Gasteiger partial charge < -0.3 is 0 Å². The number of aromatic nitrogens is 3. The first-order valence-corrected chi connectivity index (χ1v) is 25.1. The highest BCUT2D eigenvalue weighted by Crippen LogP contribution is 2.51. The number of aryl methyl sites for hydroxylation is 1. The largest absolute Gasteiger partial charge is 0.208 e. The van der Waals surface area contributed by atoms with Gasteiger partial charge in [-0.1, -0.05) is 194 Å². The summed E-state index contributed by atoms with van der Waals surface area (Å²) in [5.41, 5.74) is 9.85. The molecule has 0 saturated heterocycles. The van der Waals surface area contributed by atoms with E-state index in [1.807, 2.05) is 11.3 Å². The fourth-order valence-corrected chi connectivity index (χ4v) is 13.2. The highest BCUT2D eigenvalue weighted by atomic mass is 32.1. The normalized spacial score (nSPS) is 13.7. The van der Waals surface area contributed by atoms with Crippen molar-refractivity contribution in [2.75, 3.05) is 0 Å². The predicted octanol–water partition coefficient (Wildman–Crippen LogP) is 17.9. The number of thiophene rings is 1. The van der Waals surface area contributed by atoms with Gasteiger partial charge in [0.05, 0.1) is 0 Å². The van der Waals surface area contributed by atoms with E-state index in [9.17, 15) is 0 Å². The first-order chi connectivity index (χ1) is 34.7. The summed E-state index contributed by atoms with van der Waals surface area (Å²) in [6.07, 6.45) is 1.96. The second kappa shape index (κ2) is 15.5. The van der Waals surface area contributed by atoms with Crippen LogP contribution in [0.1, 0.15) is 29.0 Å². The molecule has 3 nitrogen and oxygen atoms in total. The maximum atomic E-state index is 5.60. The molecule has 14 aromatic rings. The molecule has 15 rings (SSSR count). The van der Waals surface area contributed by atoms with Crippen molar-refractivity contribution in [3.8, 4) is 45.3 Å². The minimum atomic E-state index is 0.150. The van der Waals surface area contributed by atoms with Crippen LogP contribution in [0.2, 0.25) is 0 Å². The van der Waals surface area contributed by atoms with Gasteiger partial charge in [0.15, 0.2) is 17.5 Å². The molecule has 0 N–H and O–H groups in total. The summed E-state index contributed by atoms with van der Waals surface area (Å²) >= 11 is 1.90. The smallest absolute Gasteiger partial charge is 0.164 e. The van der Waals surface area contributed by atoms with Crippen molar-refractivity contribution in [1.29, 1.82) is 0 Å². The summed E-state index contributed by atoms with van der Waals surface area (Å²) in [6, 6.07) is 80.2. The van der Waals surface area contributed by atoms with Crippen LogP contribution in [0.4, 0.5) is 0 Å². The molecule has 1 unspecified atom stereocenters. The van der Waals surface area contributed by atoms with Gasteiger partial charge in [-0.3, -0.25) is 0 Å². The Morgan fingerprint density at radius 2 is 0.814 bits per heavy atom. The molecule has 1 atom stereocenters. The van der Waals surface area contributed by atoms with Crippen molar-refractivity contribution in [2.45, 2.75) is 18.8 Å². The van der Waals surface area contributed by atoms with Crippen molar-refractivity contribution in [2.24, 2.45) is 0 Å². The van der Waals surface area contributed by atoms with Crippen LogP contribution in [0.5, 0.6) is 0 Å². The third-order valence-corrected chi connectivity index (χ3v) is 16.3. The Hall–Kier alpha value is -8.57. The van der Waals surface area contributed by atoms with E-state index >= 15 is 0 Å². The molecule has 1 aliphatic rings. The number of hydrogen-bond acceptors (Lipinski definition) is 4. The van der Waals surface area contributed by atoms with E-state index in [1.165, 1.54) is 91.1 Å². The summed E-state index contributed by atoms with van der Waals surface area (Å²) in [7, 11) is 0. The molecule has 2 aromatic heterocycles. The van der Waals surface area contributed by atoms with E-state index in [1.54, 1.807) is 0 Å². The van der Waals surface area contributed by atoms with Gasteiger partial charge in [0.1, 0.15) is 0 Å². The zero-order valence-electron chi connectivity index (χ0n) is 38.0. The topological polar surface area (TPSA) is 38.7 Å². The zero-order chi connectivity index (χ0) is 45.9. The summed E-state index contributed by atoms with van der Waals surface area (Å²) in [5, 5.41) is 16.9. The molecule has 70 heavy (non-hydrogen) atoms. The number of nitrogens with zero attached hydrogens (tertiary/aromatic N) is 3. The van der Waals surface area contributed by atoms with Crippen LogP contribution in [0.15, 0.2) is 218 Å². The molecule has 1 aliphatic carbocycles. The van der Waals surface area contributed by atoms with E-state index in [2.05, 4.69) is 218 Å². The van der Waals surface area contributed by atoms with E-state index in [0.29, 0.717) is 17.5 Å². The van der Waals surface area contributed by atoms with Gasteiger partial charge in [0, 0.05) is 42.8 Å². The first kappa shape index (κ1) is 39.4. The Kier molecular flexibility index (Phi) is 8.72. The van der Waals surface area contributed by atoms with Crippen LogP contribution in [0.3, 0.4) is 0 Å². The molecule has 0 fully saturated rings. The Morgan fingerprint density at radius 3 is 1.46 bits per heavy atom. The molecule has 2 heterocycles. The number of hydrogen-bond donors (Lipinski definition) is 0. The number of benzene rings is 12. The molecule has 0 spiro atoms. The average molecular weight is 908 g/mol. The molecule has 326 valence electrons. The SMILES string of the molecule is c1ccc2cc3c(cc2c1)CCC(c1ccc(-c2nc(-c4cc5ccccc5c5ccccc45)nc(-c4cc5ccccc5c5ccccc45)n2)c2c1sc1ccccc12)c1ccc2ccccc2c1-3. The number of fused-ring (bicyclic) bond motifs is 15. The van der Waals surface area contributed by atoms with E-state index in [0.717, 1.165) is 51.1 Å². The lowest BCUT2D eigenvalue weighted by molar-refractivity contribution is 0.732. The zero-order valence-corrected chi connectivity index (χ0v) is 38.8. The Balaban J connectivity index is 1.01. The first-order valence-electron chi connectivity index (χ1n) is 24.3. The van der Waals surface area contributed by atoms with E-state index < -0.39 is 0 Å². The highest BCUT2D eigenvalue weighted by molar-refractivity contribution is 7.26. The molecule has 0 saturated carbocycles. The van der Waals surface area contributed by atoms with Crippen LogP contribution in [-0.4, -0.2) is 15.0 Å². The Morgan fingerprint density at radius 1 is 0.343 bits per heavy atom. The van der Waals surface area contributed by atoms with Gasteiger partial charge in [-0.15, -0.1) is 11.3 Å². The monoisotopic (exact) mass is 907 g/mol. The minimum absolute atomic E-state index is 0.150. The maximum absolute atomic E-state index is 5.60.